The third kappa shape index (κ3) is 6.76. The predicted octanol–water partition coefficient (Wildman–Crippen LogP) is 9.50. The van der Waals surface area contributed by atoms with E-state index in [1.165, 1.54) is 0 Å². The summed E-state index contributed by atoms with van der Waals surface area (Å²) in [5.41, 5.74) is 0.147. The van der Waals surface area contributed by atoms with Crippen molar-refractivity contribution in [2.45, 2.75) is 163 Å². The van der Waals surface area contributed by atoms with Gasteiger partial charge in [-0.2, -0.15) is 0 Å². The number of aliphatic carboxylic acids is 1. The molecular weight excluding hydrogens is 752 g/mol. The van der Waals surface area contributed by atoms with Crippen LogP contribution < -0.4 is 10.6 Å². The maximum absolute atomic E-state index is 14.4. The number of allylic oxidation sites excluding steroid dienone is 1. The Bertz CT molecular complexity index is 1890. The maximum Gasteiger partial charge on any atom is 0.309 e. The lowest BCUT2D eigenvalue weighted by Gasteiger charge is -2.72. The zero-order valence-electron chi connectivity index (χ0n) is 36.3. The van der Waals surface area contributed by atoms with Crippen molar-refractivity contribution in [2.75, 3.05) is 0 Å². The van der Waals surface area contributed by atoms with Gasteiger partial charge < -0.3 is 20.5 Å². The number of carbonyl (C=O) groups excluding carboxylic acids is 4. The molecule has 0 radical (unpaired) electrons. The number of carboxylic acid groups (broad SMARTS) is 1. The van der Waals surface area contributed by atoms with Crippen molar-refractivity contribution >= 4 is 41.1 Å². The molecule has 318 valence electrons. The maximum atomic E-state index is 14.4. The van der Waals surface area contributed by atoms with Gasteiger partial charge in [-0.15, -0.1) is 0 Å². The highest BCUT2D eigenvalue weighted by Gasteiger charge is 2.70. The molecule has 0 unspecified atom stereocenters. The molecule has 1 aromatic rings. The molecule has 0 aliphatic heterocycles. The van der Waals surface area contributed by atoms with Crippen molar-refractivity contribution < 1.29 is 33.8 Å². The Kier molecular flexibility index (Phi) is 10.9. The van der Waals surface area contributed by atoms with Crippen molar-refractivity contribution in [3.63, 3.8) is 0 Å². The molecule has 5 saturated carbocycles. The lowest BCUT2D eigenvalue weighted by Crippen LogP contribution is -2.68. The highest BCUT2D eigenvalue weighted by Crippen LogP contribution is 2.76. The average molecular weight is 820 g/mol. The third-order valence-corrected chi connectivity index (χ3v) is 17.7. The molecular formula is C48H67ClN2O7. The molecule has 7 rings (SSSR count). The smallest absolute Gasteiger partial charge is 0.309 e. The number of hydrogen-bond acceptors (Lipinski definition) is 6. The molecule has 6 aliphatic rings. The summed E-state index contributed by atoms with van der Waals surface area (Å²) in [5, 5.41) is 16.4. The highest BCUT2D eigenvalue weighted by molar-refractivity contribution is 6.30. The van der Waals surface area contributed by atoms with Gasteiger partial charge >= 0.3 is 11.9 Å². The highest BCUT2D eigenvalue weighted by atomic mass is 35.5. The van der Waals surface area contributed by atoms with Gasteiger partial charge in [0.25, 0.3) is 5.91 Å². The first kappa shape index (κ1) is 42.9. The van der Waals surface area contributed by atoms with Crippen LogP contribution >= 0.6 is 11.6 Å². The van der Waals surface area contributed by atoms with E-state index in [2.05, 4.69) is 59.1 Å². The minimum atomic E-state index is -1.24. The quantitative estimate of drug-likeness (QED) is 0.222. The van der Waals surface area contributed by atoms with Crippen LogP contribution in [0.5, 0.6) is 0 Å². The molecule has 0 spiro atoms. The molecule has 0 aromatic heterocycles. The first-order chi connectivity index (χ1) is 27.0. The van der Waals surface area contributed by atoms with E-state index in [4.69, 9.17) is 16.3 Å². The van der Waals surface area contributed by atoms with Crippen molar-refractivity contribution in [3.8, 4) is 0 Å². The van der Waals surface area contributed by atoms with Crippen LogP contribution in [-0.4, -0.2) is 51.8 Å². The normalized spacial score (nSPS) is 38.2. The molecule has 3 N–H and O–H groups in total. The third-order valence-electron chi connectivity index (χ3n) is 17.5. The van der Waals surface area contributed by atoms with Gasteiger partial charge in [0.1, 0.15) is 11.6 Å². The summed E-state index contributed by atoms with van der Waals surface area (Å²) in [6, 6.07) is 6.59. The van der Waals surface area contributed by atoms with Gasteiger partial charge in [0.15, 0.2) is 5.78 Å². The summed E-state index contributed by atoms with van der Waals surface area (Å²) < 4.78 is 6.42. The first-order valence-corrected chi connectivity index (χ1v) is 22.5. The van der Waals surface area contributed by atoms with Crippen LogP contribution in [-0.2, 0) is 23.9 Å². The summed E-state index contributed by atoms with van der Waals surface area (Å²) in [6.07, 6.45) is 9.73. The number of Topliss-reactive ketones (excluding diaryl/α,β-unsaturated/α-hetero) is 1. The van der Waals surface area contributed by atoms with Crippen LogP contribution in [0.3, 0.4) is 0 Å². The van der Waals surface area contributed by atoms with Crippen molar-refractivity contribution in [1.29, 1.82) is 0 Å². The van der Waals surface area contributed by atoms with E-state index in [1.807, 2.05) is 0 Å². The van der Waals surface area contributed by atoms with E-state index in [0.717, 1.165) is 56.1 Å². The number of ether oxygens (including phenoxy) is 1. The van der Waals surface area contributed by atoms with E-state index >= 15 is 0 Å². The Hall–Kier alpha value is -3.20. The Morgan fingerprint density at radius 3 is 2.07 bits per heavy atom. The predicted molar refractivity (Wildman–Crippen MR) is 224 cm³/mol. The number of nitrogens with one attached hydrogen (secondary N) is 2. The monoisotopic (exact) mass is 818 g/mol. The molecule has 0 saturated heterocycles. The molecule has 6 aliphatic carbocycles. The summed E-state index contributed by atoms with van der Waals surface area (Å²) >= 11 is 6.06. The molecule has 0 heterocycles. The van der Waals surface area contributed by atoms with Crippen molar-refractivity contribution in [1.82, 2.24) is 10.6 Å². The fourth-order valence-electron chi connectivity index (χ4n) is 14.1. The zero-order valence-corrected chi connectivity index (χ0v) is 37.1. The summed E-state index contributed by atoms with van der Waals surface area (Å²) in [5.74, 6) is -1.05. The number of rotatable bonds is 8. The van der Waals surface area contributed by atoms with Gasteiger partial charge in [-0.05, 0) is 166 Å². The van der Waals surface area contributed by atoms with E-state index in [9.17, 15) is 29.1 Å². The number of carboxylic acids is 1. The molecule has 8 atom stereocenters. The molecule has 58 heavy (non-hydrogen) atoms. The van der Waals surface area contributed by atoms with Crippen molar-refractivity contribution in [2.24, 2.45) is 57.2 Å². The minimum absolute atomic E-state index is 0.00768. The van der Waals surface area contributed by atoms with Gasteiger partial charge in [-0.3, -0.25) is 24.0 Å². The fraction of sp³-hybridized carbons (Fsp3) is 0.729. The number of esters is 1. The second-order valence-corrected chi connectivity index (χ2v) is 21.9. The minimum Gasteiger partial charge on any atom is -0.481 e. The topological polar surface area (TPSA) is 139 Å². The number of benzene rings is 1. The largest absolute Gasteiger partial charge is 0.481 e. The summed E-state index contributed by atoms with van der Waals surface area (Å²) in [6.45, 7) is 19.8. The van der Waals surface area contributed by atoms with Gasteiger partial charge in [-0.25, -0.2) is 0 Å². The Morgan fingerprint density at radius 1 is 0.810 bits per heavy atom. The molecule has 9 nitrogen and oxygen atoms in total. The van der Waals surface area contributed by atoms with Crippen LogP contribution in [0, 0.1) is 57.2 Å². The van der Waals surface area contributed by atoms with Crippen LogP contribution in [0.1, 0.15) is 156 Å². The SMILES string of the molecule is CC(C)C1=C2[C@H]3CC[C@@H]4[C@@]5(C)CC[C@H](OC(=O)C6CCC(C(=O)O)CC6)C(C)(C)[C@@H]5CC[C@@]4(C)[C@]3(C)CC[C@@]2(NC(=O)C(C)(C)NC(=O)c2ccc(Cl)cc2)CC1=O. The van der Waals surface area contributed by atoms with E-state index in [0.29, 0.717) is 54.5 Å². The second-order valence-electron chi connectivity index (χ2n) is 21.5. The second kappa shape index (κ2) is 14.8. The number of amides is 2. The Morgan fingerprint density at radius 2 is 1.45 bits per heavy atom. The van der Waals surface area contributed by atoms with E-state index in [-0.39, 0.29) is 81.4 Å². The first-order valence-electron chi connectivity index (χ1n) is 22.1. The number of halogens is 1. The molecule has 1 aromatic carbocycles. The van der Waals surface area contributed by atoms with E-state index < -0.39 is 17.0 Å². The lowest BCUT2D eigenvalue weighted by atomic mass is 9.33. The van der Waals surface area contributed by atoms with E-state index in [1.54, 1.807) is 38.1 Å². The lowest BCUT2D eigenvalue weighted by molar-refractivity contribution is -0.233. The number of hydrogen-bond donors (Lipinski definition) is 3. The summed E-state index contributed by atoms with van der Waals surface area (Å²) in [7, 11) is 0. The number of fused-ring (bicyclic) bond motifs is 7. The van der Waals surface area contributed by atoms with Gasteiger partial charge in [0.2, 0.25) is 5.91 Å². The van der Waals surface area contributed by atoms with Crippen molar-refractivity contribution in [3.05, 3.63) is 46.0 Å². The Labute approximate surface area is 350 Å². The molecule has 10 heteroatoms. The van der Waals surface area contributed by atoms with Gasteiger partial charge in [0.05, 0.1) is 17.4 Å². The van der Waals surface area contributed by atoms with Crippen LogP contribution in [0.15, 0.2) is 35.4 Å². The number of ketones is 1. The van der Waals surface area contributed by atoms with Gasteiger partial charge in [0, 0.05) is 22.4 Å². The van der Waals surface area contributed by atoms with Crippen LogP contribution in [0.2, 0.25) is 5.02 Å². The van der Waals surface area contributed by atoms with Gasteiger partial charge in [-0.1, -0.05) is 60.1 Å². The van der Waals surface area contributed by atoms with Crippen LogP contribution in [0.25, 0.3) is 0 Å². The fourth-order valence-corrected chi connectivity index (χ4v) is 14.3. The molecule has 0 bridgehead atoms. The number of carbonyl (C=O) groups is 5. The molecule has 2 amide bonds. The van der Waals surface area contributed by atoms with Crippen LogP contribution in [0.4, 0.5) is 0 Å². The molecule has 5 fully saturated rings. The zero-order chi connectivity index (χ0) is 42.4. The Balaban J connectivity index is 1.12. The standard InChI is InChI=1S/C48H67ClN2O7/c1-27(2)37-33(52)26-48(51-42(57)44(5,6)50-39(53)28-14-16-31(49)17-15-28)25-24-46(8)32(38(37)48)18-19-35-45(7)22-21-36(43(3,4)34(45)20-23-47(35,46)9)58-41(56)30-12-10-29(11-13-30)40(54)55/h14-17,27,29-30,32,34-36H,10-13,18-26H2,1-9H3,(H,50,53)(H,51,57)(H,54,55)/t29?,30?,32-,34+,35-,36+,45+,46-,47-,48-/m1/s1. The average Bonchev–Trinajstić information content (AvgIpc) is 3.44. The summed E-state index contributed by atoms with van der Waals surface area (Å²) in [4.78, 5) is 66.9.